The number of hydrogen-bond donors (Lipinski definition) is 3. The zero-order chi connectivity index (χ0) is 14.4. The van der Waals surface area contributed by atoms with E-state index < -0.39 is 23.6 Å². The Bertz CT molecular complexity index is 469. The van der Waals surface area contributed by atoms with Crippen molar-refractivity contribution in [2.45, 2.75) is 19.8 Å². The van der Waals surface area contributed by atoms with Crippen molar-refractivity contribution in [1.82, 2.24) is 5.32 Å². The first-order valence-corrected chi connectivity index (χ1v) is 5.68. The summed E-state index contributed by atoms with van der Waals surface area (Å²) in [7, 11) is 0. The standard InChI is InChI=1S/C12H14F2N2O3/c1-2-8-9(13)5-7(6-10(8)14)16-12(19)15-4-3-11(17)18/h5-6H,2-4H2,1H3,(H,17,18)(H2,15,16,19). The minimum Gasteiger partial charge on any atom is -0.481 e. The molecule has 19 heavy (non-hydrogen) atoms. The Kier molecular flexibility index (Phi) is 5.23. The average molecular weight is 272 g/mol. The lowest BCUT2D eigenvalue weighted by Crippen LogP contribution is -2.30. The minimum absolute atomic E-state index is 0.0278. The molecule has 7 heteroatoms. The maximum atomic E-state index is 13.4. The van der Waals surface area contributed by atoms with Crippen molar-refractivity contribution >= 4 is 17.7 Å². The van der Waals surface area contributed by atoms with E-state index >= 15 is 0 Å². The molecule has 104 valence electrons. The third kappa shape index (κ3) is 4.53. The topological polar surface area (TPSA) is 78.4 Å². The van der Waals surface area contributed by atoms with E-state index in [1.165, 1.54) is 0 Å². The smallest absolute Gasteiger partial charge is 0.319 e. The van der Waals surface area contributed by atoms with Gasteiger partial charge in [-0.2, -0.15) is 0 Å². The van der Waals surface area contributed by atoms with Gasteiger partial charge in [0.25, 0.3) is 0 Å². The normalized spacial score (nSPS) is 10.1. The molecule has 0 fully saturated rings. The molecule has 0 aliphatic rings. The Hall–Kier alpha value is -2.18. The zero-order valence-electron chi connectivity index (χ0n) is 10.3. The summed E-state index contributed by atoms with van der Waals surface area (Å²) in [6, 6.07) is 1.31. The molecule has 0 bridgehead atoms. The van der Waals surface area contributed by atoms with Crippen LogP contribution >= 0.6 is 0 Å². The average Bonchev–Trinajstić information content (AvgIpc) is 2.27. The number of halogens is 2. The Morgan fingerprint density at radius 1 is 1.26 bits per heavy atom. The Morgan fingerprint density at radius 3 is 2.32 bits per heavy atom. The predicted octanol–water partition coefficient (Wildman–Crippen LogP) is 2.12. The molecule has 0 aliphatic carbocycles. The molecule has 0 unspecified atom stereocenters. The molecule has 2 amide bonds. The van der Waals surface area contributed by atoms with Gasteiger partial charge in [0.15, 0.2) is 0 Å². The van der Waals surface area contributed by atoms with Crippen LogP contribution in [0.4, 0.5) is 19.3 Å². The van der Waals surface area contributed by atoms with E-state index in [1.54, 1.807) is 6.92 Å². The molecule has 0 radical (unpaired) electrons. The summed E-state index contributed by atoms with van der Waals surface area (Å²) in [5, 5.41) is 12.9. The molecular weight excluding hydrogens is 258 g/mol. The predicted molar refractivity (Wildman–Crippen MR) is 65.0 cm³/mol. The summed E-state index contributed by atoms with van der Waals surface area (Å²) in [4.78, 5) is 21.5. The molecular formula is C12H14F2N2O3. The highest BCUT2D eigenvalue weighted by Crippen LogP contribution is 2.19. The lowest BCUT2D eigenvalue weighted by molar-refractivity contribution is -0.136. The lowest BCUT2D eigenvalue weighted by atomic mass is 10.1. The first-order valence-electron chi connectivity index (χ1n) is 5.68. The van der Waals surface area contributed by atoms with Crippen LogP contribution in [0.25, 0.3) is 0 Å². The molecule has 1 rings (SSSR count). The third-order valence-electron chi connectivity index (χ3n) is 2.38. The van der Waals surface area contributed by atoms with Crippen molar-refractivity contribution < 1.29 is 23.5 Å². The van der Waals surface area contributed by atoms with Crippen LogP contribution in [0.3, 0.4) is 0 Å². The number of benzene rings is 1. The maximum absolute atomic E-state index is 13.4. The number of hydrogen-bond acceptors (Lipinski definition) is 2. The van der Waals surface area contributed by atoms with Gasteiger partial charge in [-0.1, -0.05) is 6.92 Å². The summed E-state index contributed by atoms with van der Waals surface area (Å²) in [5.74, 6) is -2.52. The van der Waals surface area contributed by atoms with Gasteiger partial charge in [0.2, 0.25) is 0 Å². The number of aliphatic carboxylic acids is 1. The number of carbonyl (C=O) groups excluding carboxylic acids is 1. The number of nitrogens with one attached hydrogen (secondary N) is 2. The quantitative estimate of drug-likeness (QED) is 0.768. The van der Waals surface area contributed by atoms with E-state index in [1.807, 2.05) is 0 Å². The molecule has 0 aromatic heterocycles. The van der Waals surface area contributed by atoms with Gasteiger partial charge in [0, 0.05) is 17.8 Å². The molecule has 0 saturated carbocycles. The molecule has 3 N–H and O–H groups in total. The van der Waals surface area contributed by atoms with E-state index in [0.717, 1.165) is 12.1 Å². The van der Waals surface area contributed by atoms with Crippen LogP contribution in [0.15, 0.2) is 12.1 Å². The SMILES string of the molecule is CCc1c(F)cc(NC(=O)NCCC(=O)O)cc1F. The van der Waals surface area contributed by atoms with Gasteiger partial charge in [-0.25, -0.2) is 13.6 Å². The molecule has 0 spiro atoms. The highest BCUT2D eigenvalue weighted by molar-refractivity contribution is 5.89. The molecule has 0 atom stereocenters. The number of urea groups is 1. The van der Waals surface area contributed by atoms with Gasteiger partial charge in [-0.05, 0) is 18.6 Å². The van der Waals surface area contributed by atoms with E-state index in [-0.39, 0.29) is 30.6 Å². The van der Waals surface area contributed by atoms with Crippen LogP contribution in [0.5, 0.6) is 0 Å². The number of amides is 2. The van der Waals surface area contributed by atoms with Crippen LogP contribution in [0, 0.1) is 11.6 Å². The summed E-state index contributed by atoms with van der Waals surface area (Å²) < 4.78 is 26.9. The van der Waals surface area contributed by atoms with Crippen molar-refractivity contribution in [1.29, 1.82) is 0 Å². The lowest BCUT2D eigenvalue weighted by Gasteiger charge is -2.09. The fourth-order valence-corrected chi connectivity index (χ4v) is 1.47. The number of anilines is 1. The van der Waals surface area contributed by atoms with Crippen molar-refractivity contribution in [3.05, 3.63) is 29.3 Å². The van der Waals surface area contributed by atoms with E-state index in [0.29, 0.717) is 0 Å². The van der Waals surface area contributed by atoms with Crippen molar-refractivity contribution in [3.63, 3.8) is 0 Å². The minimum atomic E-state index is -1.05. The van der Waals surface area contributed by atoms with Crippen LogP contribution in [0.1, 0.15) is 18.9 Å². The summed E-state index contributed by atoms with van der Waals surface area (Å²) in [6.07, 6.45) is -0.0202. The van der Waals surface area contributed by atoms with Gasteiger partial charge >= 0.3 is 12.0 Å². The fourth-order valence-electron chi connectivity index (χ4n) is 1.47. The second-order valence-corrected chi connectivity index (χ2v) is 3.80. The fraction of sp³-hybridized carbons (Fsp3) is 0.333. The second kappa shape index (κ2) is 6.67. The maximum Gasteiger partial charge on any atom is 0.319 e. The Labute approximate surface area is 108 Å². The molecule has 1 aromatic rings. The monoisotopic (exact) mass is 272 g/mol. The summed E-state index contributed by atoms with van der Waals surface area (Å²) in [6.45, 7) is 1.55. The largest absolute Gasteiger partial charge is 0.481 e. The Morgan fingerprint density at radius 2 is 1.84 bits per heavy atom. The van der Waals surface area contributed by atoms with Gasteiger partial charge in [0.1, 0.15) is 11.6 Å². The molecule has 0 aliphatic heterocycles. The van der Waals surface area contributed by atoms with E-state index in [9.17, 15) is 18.4 Å². The van der Waals surface area contributed by atoms with Gasteiger partial charge < -0.3 is 15.7 Å². The van der Waals surface area contributed by atoms with Gasteiger partial charge in [-0.3, -0.25) is 4.79 Å². The highest BCUT2D eigenvalue weighted by Gasteiger charge is 2.11. The summed E-state index contributed by atoms with van der Waals surface area (Å²) in [5.41, 5.74) is -0.0724. The van der Waals surface area contributed by atoms with Crippen LogP contribution < -0.4 is 10.6 Å². The van der Waals surface area contributed by atoms with Crippen molar-refractivity contribution in [2.75, 3.05) is 11.9 Å². The van der Waals surface area contributed by atoms with E-state index in [4.69, 9.17) is 5.11 Å². The van der Waals surface area contributed by atoms with Crippen molar-refractivity contribution in [2.24, 2.45) is 0 Å². The second-order valence-electron chi connectivity index (χ2n) is 3.80. The Balaban J connectivity index is 2.62. The third-order valence-corrected chi connectivity index (χ3v) is 2.38. The number of carbonyl (C=O) groups is 2. The van der Waals surface area contributed by atoms with Crippen LogP contribution in [0.2, 0.25) is 0 Å². The summed E-state index contributed by atoms with van der Waals surface area (Å²) >= 11 is 0. The zero-order valence-corrected chi connectivity index (χ0v) is 10.3. The van der Waals surface area contributed by atoms with Crippen LogP contribution in [-0.2, 0) is 11.2 Å². The first kappa shape index (κ1) is 14.9. The van der Waals surface area contributed by atoms with Gasteiger partial charge in [0.05, 0.1) is 6.42 Å². The highest BCUT2D eigenvalue weighted by atomic mass is 19.1. The number of carboxylic acid groups (broad SMARTS) is 1. The number of carboxylic acids is 1. The molecule has 0 saturated heterocycles. The first-order chi connectivity index (χ1) is 8.93. The molecule has 0 heterocycles. The van der Waals surface area contributed by atoms with Crippen molar-refractivity contribution in [3.8, 4) is 0 Å². The van der Waals surface area contributed by atoms with E-state index in [2.05, 4.69) is 10.6 Å². The van der Waals surface area contributed by atoms with Gasteiger partial charge in [-0.15, -0.1) is 0 Å². The van der Waals surface area contributed by atoms with Crippen LogP contribution in [-0.4, -0.2) is 23.7 Å². The number of rotatable bonds is 5. The molecule has 5 nitrogen and oxygen atoms in total. The molecule has 1 aromatic carbocycles.